The second kappa shape index (κ2) is 8.15. The maximum atomic E-state index is 12.3. The number of amides is 2. The molecule has 5 heteroatoms. The average molecular weight is 325 g/mol. The first-order valence-electron chi connectivity index (χ1n) is 8.02. The normalized spacial score (nSPS) is 11.5. The van der Waals surface area contributed by atoms with E-state index in [1.165, 1.54) is 5.56 Å². The van der Waals surface area contributed by atoms with E-state index in [-0.39, 0.29) is 11.8 Å². The third-order valence-corrected chi connectivity index (χ3v) is 3.76. The van der Waals surface area contributed by atoms with E-state index in [9.17, 15) is 9.59 Å². The van der Waals surface area contributed by atoms with E-state index in [1.807, 2.05) is 30.3 Å². The molecule has 2 rings (SSSR count). The van der Waals surface area contributed by atoms with Crippen LogP contribution in [0.4, 0.5) is 11.4 Å². The number of hydrogen-bond donors (Lipinski definition) is 3. The zero-order valence-corrected chi connectivity index (χ0v) is 14.2. The van der Waals surface area contributed by atoms with Crippen LogP contribution in [-0.4, -0.2) is 24.9 Å². The lowest BCUT2D eigenvalue weighted by atomic mass is 10.1. The Morgan fingerprint density at radius 1 is 1.04 bits per heavy atom. The van der Waals surface area contributed by atoms with Crippen molar-refractivity contribution in [3.63, 3.8) is 0 Å². The molecule has 0 aliphatic rings. The van der Waals surface area contributed by atoms with E-state index in [4.69, 9.17) is 0 Å². The van der Waals surface area contributed by atoms with Gasteiger partial charge in [-0.15, -0.1) is 0 Å². The van der Waals surface area contributed by atoms with Gasteiger partial charge in [0.05, 0.1) is 0 Å². The van der Waals surface area contributed by atoms with E-state index < -0.39 is 6.04 Å². The first-order valence-corrected chi connectivity index (χ1v) is 8.02. The first-order chi connectivity index (χ1) is 11.5. The van der Waals surface area contributed by atoms with Gasteiger partial charge in [0.15, 0.2) is 0 Å². The van der Waals surface area contributed by atoms with Gasteiger partial charge in [0.2, 0.25) is 5.91 Å². The van der Waals surface area contributed by atoms with Crippen molar-refractivity contribution >= 4 is 23.2 Å². The van der Waals surface area contributed by atoms with Gasteiger partial charge in [0.1, 0.15) is 6.04 Å². The van der Waals surface area contributed by atoms with Crippen molar-refractivity contribution in [3.05, 3.63) is 59.7 Å². The summed E-state index contributed by atoms with van der Waals surface area (Å²) in [6.45, 7) is 3.87. The van der Waals surface area contributed by atoms with Gasteiger partial charge in [-0.3, -0.25) is 9.59 Å². The Balaban J connectivity index is 1.99. The number of carbonyl (C=O) groups excluding carboxylic acids is 2. The van der Waals surface area contributed by atoms with Gasteiger partial charge in [-0.25, -0.2) is 0 Å². The van der Waals surface area contributed by atoms with Crippen molar-refractivity contribution in [3.8, 4) is 0 Å². The molecule has 0 aromatic heterocycles. The fraction of sp³-hybridized carbons (Fsp3) is 0.263. The van der Waals surface area contributed by atoms with Crippen molar-refractivity contribution in [2.24, 2.45) is 0 Å². The topological polar surface area (TPSA) is 70.2 Å². The van der Waals surface area contributed by atoms with Crippen LogP contribution in [0.5, 0.6) is 0 Å². The van der Waals surface area contributed by atoms with E-state index in [0.29, 0.717) is 5.56 Å². The molecule has 126 valence electrons. The molecule has 0 spiro atoms. The smallest absolute Gasteiger partial charge is 0.251 e. The van der Waals surface area contributed by atoms with Crippen molar-refractivity contribution in [1.29, 1.82) is 0 Å². The molecule has 0 radical (unpaired) electrons. The summed E-state index contributed by atoms with van der Waals surface area (Å²) in [5.74, 6) is -0.295. The van der Waals surface area contributed by atoms with Gasteiger partial charge in [-0.05, 0) is 49.2 Å². The largest absolute Gasteiger partial charge is 0.374 e. The zero-order chi connectivity index (χ0) is 17.5. The molecule has 0 bridgehead atoms. The molecule has 0 unspecified atom stereocenters. The Labute approximate surface area is 142 Å². The van der Waals surface area contributed by atoms with Crippen LogP contribution in [0, 0.1) is 0 Å². The van der Waals surface area contributed by atoms with Crippen LogP contribution >= 0.6 is 0 Å². The third kappa shape index (κ3) is 4.59. The molecule has 3 N–H and O–H groups in total. The van der Waals surface area contributed by atoms with Crippen molar-refractivity contribution in [1.82, 2.24) is 5.32 Å². The minimum Gasteiger partial charge on any atom is -0.374 e. The van der Waals surface area contributed by atoms with E-state index in [1.54, 1.807) is 32.2 Å². The van der Waals surface area contributed by atoms with Crippen LogP contribution < -0.4 is 16.0 Å². The van der Waals surface area contributed by atoms with Gasteiger partial charge in [-0.1, -0.05) is 25.1 Å². The summed E-state index contributed by atoms with van der Waals surface area (Å²) >= 11 is 0. The highest BCUT2D eigenvalue weighted by atomic mass is 16.2. The highest BCUT2D eigenvalue weighted by Gasteiger charge is 2.13. The molecule has 5 nitrogen and oxygen atoms in total. The third-order valence-electron chi connectivity index (χ3n) is 3.76. The molecule has 0 heterocycles. The van der Waals surface area contributed by atoms with E-state index in [2.05, 4.69) is 22.9 Å². The lowest BCUT2D eigenvalue weighted by molar-refractivity contribution is -0.116. The van der Waals surface area contributed by atoms with Crippen LogP contribution in [0.15, 0.2) is 48.5 Å². The number of aryl methyl sites for hydroxylation is 1. The summed E-state index contributed by atoms with van der Waals surface area (Å²) < 4.78 is 0. The number of rotatable bonds is 6. The summed E-state index contributed by atoms with van der Waals surface area (Å²) in [7, 11) is 1.59. The van der Waals surface area contributed by atoms with Crippen LogP contribution in [0.1, 0.15) is 29.8 Å². The van der Waals surface area contributed by atoms with Crippen molar-refractivity contribution in [2.75, 3.05) is 17.7 Å². The SMILES string of the molecule is CCc1ccc(NC(=O)[C@H](C)Nc2cccc(C(=O)NC)c2)cc1. The second-order valence-electron chi connectivity index (χ2n) is 5.57. The van der Waals surface area contributed by atoms with Gasteiger partial charge in [0, 0.05) is 24.0 Å². The fourth-order valence-corrected chi connectivity index (χ4v) is 2.28. The lowest BCUT2D eigenvalue weighted by Crippen LogP contribution is -2.32. The Morgan fingerprint density at radius 2 is 1.75 bits per heavy atom. The zero-order valence-electron chi connectivity index (χ0n) is 14.2. The molecule has 0 aliphatic heterocycles. The molecule has 2 amide bonds. The van der Waals surface area contributed by atoms with E-state index in [0.717, 1.165) is 17.8 Å². The first kappa shape index (κ1) is 17.5. The molecule has 0 saturated heterocycles. The second-order valence-corrected chi connectivity index (χ2v) is 5.57. The van der Waals surface area contributed by atoms with Crippen molar-refractivity contribution < 1.29 is 9.59 Å². The molecular weight excluding hydrogens is 302 g/mol. The number of nitrogens with one attached hydrogen (secondary N) is 3. The predicted molar refractivity (Wildman–Crippen MR) is 97.4 cm³/mol. The maximum absolute atomic E-state index is 12.3. The average Bonchev–Trinajstić information content (AvgIpc) is 2.61. The molecule has 24 heavy (non-hydrogen) atoms. The minimum atomic E-state index is -0.434. The monoisotopic (exact) mass is 325 g/mol. The fourth-order valence-electron chi connectivity index (χ4n) is 2.28. The van der Waals surface area contributed by atoms with Crippen LogP contribution in [0.25, 0.3) is 0 Å². The molecule has 0 saturated carbocycles. The number of hydrogen-bond acceptors (Lipinski definition) is 3. The van der Waals surface area contributed by atoms with Gasteiger partial charge in [0.25, 0.3) is 5.91 Å². The number of carbonyl (C=O) groups is 2. The standard InChI is InChI=1S/C19H23N3O2/c1-4-14-8-10-16(11-9-14)22-18(23)13(2)21-17-7-5-6-15(12-17)19(24)20-3/h5-13,21H,4H2,1-3H3,(H,20,24)(H,22,23)/t13-/m0/s1. The molecular formula is C19H23N3O2. The Morgan fingerprint density at radius 3 is 2.38 bits per heavy atom. The molecule has 1 atom stereocenters. The lowest BCUT2D eigenvalue weighted by Gasteiger charge is -2.16. The summed E-state index contributed by atoms with van der Waals surface area (Å²) in [5, 5.41) is 8.57. The summed E-state index contributed by atoms with van der Waals surface area (Å²) in [6, 6.07) is 14.4. The van der Waals surface area contributed by atoms with Crippen molar-refractivity contribution in [2.45, 2.75) is 26.3 Å². The molecule has 2 aromatic rings. The Hall–Kier alpha value is -2.82. The quantitative estimate of drug-likeness (QED) is 0.764. The van der Waals surface area contributed by atoms with Crippen LogP contribution in [-0.2, 0) is 11.2 Å². The highest BCUT2D eigenvalue weighted by Crippen LogP contribution is 2.14. The highest BCUT2D eigenvalue weighted by molar-refractivity contribution is 5.97. The van der Waals surface area contributed by atoms with Gasteiger partial charge >= 0.3 is 0 Å². The van der Waals surface area contributed by atoms with Crippen LogP contribution in [0.3, 0.4) is 0 Å². The van der Waals surface area contributed by atoms with Crippen LogP contribution in [0.2, 0.25) is 0 Å². The Bertz CT molecular complexity index is 711. The maximum Gasteiger partial charge on any atom is 0.251 e. The number of anilines is 2. The summed E-state index contributed by atoms with van der Waals surface area (Å²) in [4.78, 5) is 24.0. The number of benzene rings is 2. The van der Waals surface area contributed by atoms with Gasteiger partial charge < -0.3 is 16.0 Å². The molecule has 0 aliphatic carbocycles. The van der Waals surface area contributed by atoms with E-state index >= 15 is 0 Å². The molecule has 0 fully saturated rings. The Kier molecular flexibility index (Phi) is 5.95. The predicted octanol–water partition coefficient (Wildman–Crippen LogP) is 3.05. The summed E-state index contributed by atoms with van der Waals surface area (Å²) in [5.41, 5.74) is 3.26. The molecule has 2 aromatic carbocycles. The summed E-state index contributed by atoms with van der Waals surface area (Å²) in [6.07, 6.45) is 0.966. The minimum absolute atomic E-state index is 0.135. The van der Waals surface area contributed by atoms with Gasteiger partial charge in [-0.2, -0.15) is 0 Å².